The van der Waals surface area contributed by atoms with Crippen molar-refractivity contribution in [2.45, 2.75) is 24.3 Å². The average Bonchev–Trinajstić information content (AvgIpc) is 2.20. The van der Waals surface area contributed by atoms with Crippen molar-refractivity contribution in [3.63, 3.8) is 0 Å². The lowest BCUT2D eigenvalue weighted by atomic mass is 10.1. The molecule has 1 unspecified atom stereocenters. The zero-order valence-corrected chi connectivity index (χ0v) is 11.0. The molecule has 1 aromatic rings. The number of hydrogen-bond acceptors (Lipinski definition) is 3. The van der Waals surface area contributed by atoms with Crippen molar-refractivity contribution in [2.75, 3.05) is 12.4 Å². The van der Waals surface area contributed by atoms with E-state index in [1.54, 1.807) is 18.7 Å². The number of thioether (sulfide) groups is 1. The van der Waals surface area contributed by atoms with E-state index in [4.69, 9.17) is 5.11 Å². The highest BCUT2D eigenvalue weighted by Gasteiger charge is 2.05. The normalized spacial score (nSPS) is 12.8. The van der Waals surface area contributed by atoms with Crippen LogP contribution < -0.4 is 0 Å². The molecule has 1 rings (SSSR count). The molecule has 0 spiro atoms. The quantitative estimate of drug-likeness (QED) is 0.647. The Morgan fingerprint density at radius 3 is 2.73 bits per heavy atom. The molecule has 4 heteroatoms. The summed E-state index contributed by atoms with van der Waals surface area (Å²) in [6, 6.07) is 5.86. The molecule has 0 saturated carbocycles. The minimum Gasteiger partial charge on any atom is -0.396 e. The van der Waals surface area contributed by atoms with Gasteiger partial charge in [-0.3, -0.25) is 0 Å². The lowest BCUT2D eigenvalue weighted by Gasteiger charge is -2.08. The fourth-order valence-electron chi connectivity index (χ4n) is 1.14. The number of hydrogen-bond donors (Lipinski definition) is 2. The topological polar surface area (TPSA) is 40.5 Å². The molecule has 0 aliphatic carbocycles. The van der Waals surface area contributed by atoms with Crippen LogP contribution >= 0.6 is 27.7 Å². The molecule has 0 saturated heterocycles. The second-order valence-corrected chi connectivity index (χ2v) is 5.28. The van der Waals surface area contributed by atoms with Crippen LogP contribution in [0.15, 0.2) is 27.6 Å². The van der Waals surface area contributed by atoms with Gasteiger partial charge in [-0.2, -0.15) is 0 Å². The first kappa shape index (κ1) is 13.0. The van der Waals surface area contributed by atoms with E-state index in [9.17, 15) is 5.11 Å². The van der Waals surface area contributed by atoms with Crippen LogP contribution in [0.2, 0.25) is 0 Å². The van der Waals surface area contributed by atoms with Gasteiger partial charge in [0.25, 0.3) is 0 Å². The van der Waals surface area contributed by atoms with E-state index in [0.29, 0.717) is 0 Å². The molecular formula is C11H15BrO2S. The van der Waals surface area contributed by atoms with Crippen LogP contribution in [0, 0.1) is 0 Å². The molecule has 1 atom stereocenters. The predicted octanol–water partition coefficient (Wildman–Crippen LogP) is 2.98. The molecule has 84 valence electrons. The Labute approximate surface area is 103 Å². The van der Waals surface area contributed by atoms with Crippen LogP contribution in [-0.2, 0) is 0 Å². The highest BCUT2D eigenvalue weighted by Crippen LogP contribution is 2.30. The summed E-state index contributed by atoms with van der Waals surface area (Å²) in [4.78, 5) is 1.15. The molecule has 0 aliphatic heterocycles. The summed E-state index contributed by atoms with van der Waals surface area (Å²) in [5.41, 5.74) is 0.911. The van der Waals surface area contributed by atoms with Gasteiger partial charge in [0.1, 0.15) is 0 Å². The summed E-state index contributed by atoms with van der Waals surface area (Å²) in [6.45, 7) is 1.98. The number of rotatable bonds is 5. The van der Waals surface area contributed by atoms with Gasteiger partial charge in [0, 0.05) is 21.7 Å². The van der Waals surface area contributed by atoms with E-state index in [1.807, 2.05) is 18.2 Å². The van der Waals surface area contributed by atoms with E-state index in [-0.39, 0.29) is 6.61 Å². The monoisotopic (exact) mass is 290 g/mol. The molecular weight excluding hydrogens is 276 g/mol. The lowest BCUT2D eigenvalue weighted by molar-refractivity contribution is 0.199. The van der Waals surface area contributed by atoms with Gasteiger partial charge in [-0.25, -0.2) is 0 Å². The predicted molar refractivity (Wildman–Crippen MR) is 67.2 cm³/mol. The average molecular weight is 291 g/mol. The van der Waals surface area contributed by atoms with Gasteiger partial charge in [0.05, 0.1) is 6.10 Å². The molecule has 0 bridgehead atoms. The van der Waals surface area contributed by atoms with Crippen molar-refractivity contribution in [3.05, 3.63) is 28.2 Å². The van der Waals surface area contributed by atoms with Crippen molar-refractivity contribution in [3.8, 4) is 0 Å². The lowest BCUT2D eigenvalue weighted by Crippen LogP contribution is -1.91. The minimum atomic E-state index is -0.433. The summed E-state index contributed by atoms with van der Waals surface area (Å²) in [5.74, 6) is 0.906. The SMILES string of the molecule is CC(O)c1ccc(SCCCO)c(Br)c1. The minimum absolute atomic E-state index is 0.233. The maximum Gasteiger partial charge on any atom is 0.0762 e. The van der Waals surface area contributed by atoms with Gasteiger partial charge in [-0.05, 0) is 47.0 Å². The van der Waals surface area contributed by atoms with Crippen molar-refractivity contribution >= 4 is 27.7 Å². The van der Waals surface area contributed by atoms with Crippen molar-refractivity contribution in [1.29, 1.82) is 0 Å². The van der Waals surface area contributed by atoms with E-state index >= 15 is 0 Å². The Morgan fingerprint density at radius 1 is 1.47 bits per heavy atom. The van der Waals surface area contributed by atoms with Crippen LogP contribution in [0.25, 0.3) is 0 Å². The van der Waals surface area contributed by atoms with Crippen molar-refractivity contribution in [2.24, 2.45) is 0 Å². The van der Waals surface area contributed by atoms with Crippen molar-refractivity contribution in [1.82, 2.24) is 0 Å². The van der Waals surface area contributed by atoms with E-state index in [1.165, 1.54) is 0 Å². The van der Waals surface area contributed by atoms with E-state index in [0.717, 1.165) is 27.1 Å². The zero-order chi connectivity index (χ0) is 11.3. The Kier molecular flexibility index (Phi) is 5.68. The molecule has 15 heavy (non-hydrogen) atoms. The van der Waals surface area contributed by atoms with Crippen LogP contribution in [-0.4, -0.2) is 22.6 Å². The van der Waals surface area contributed by atoms with Gasteiger partial charge < -0.3 is 10.2 Å². The first-order valence-electron chi connectivity index (χ1n) is 4.86. The molecule has 0 aromatic heterocycles. The van der Waals surface area contributed by atoms with Gasteiger partial charge in [0.15, 0.2) is 0 Å². The zero-order valence-electron chi connectivity index (χ0n) is 8.61. The maximum atomic E-state index is 9.39. The Bertz CT molecular complexity index is 315. The number of benzene rings is 1. The Hall–Kier alpha value is -0.0300. The highest BCUT2D eigenvalue weighted by molar-refractivity contribution is 9.10. The first-order chi connectivity index (χ1) is 7.15. The third kappa shape index (κ3) is 4.15. The number of aliphatic hydroxyl groups excluding tert-OH is 2. The van der Waals surface area contributed by atoms with Crippen LogP contribution in [0.1, 0.15) is 25.0 Å². The molecule has 0 aliphatic rings. The highest BCUT2D eigenvalue weighted by atomic mass is 79.9. The standard InChI is InChI=1S/C11H15BrO2S/c1-8(14)9-3-4-11(10(12)7-9)15-6-2-5-13/h3-4,7-8,13-14H,2,5-6H2,1H3. The summed E-state index contributed by atoms with van der Waals surface area (Å²) in [5, 5.41) is 18.1. The van der Waals surface area contributed by atoms with Crippen molar-refractivity contribution < 1.29 is 10.2 Å². The van der Waals surface area contributed by atoms with Crippen LogP contribution in [0.5, 0.6) is 0 Å². The molecule has 0 fully saturated rings. The molecule has 0 radical (unpaired) electrons. The first-order valence-corrected chi connectivity index (χ1v) is 6.64. The maximum absolute atomic E-state index is 9.39. The Balaban J connectivity index is 2.66. The molecule has 0 heterocycles. The second kappa shape index (κ2) is 6.53. The van der Waals surface area contributed by atoms with E-state index in [2.05, 4.69) is 15.9 Å². The van der Waals surface area contributed by atoms with Gasteiger partial charge in [0.2, 0.25) is 0 Å². The third-order valence-electron chi connectivity index (χ3n) is 2.00. The van der Waals surface area contributed by atoms with E-state index < -0.39 is 6.10 Å². The molecule has 0 amide bonds. The summed E-state index contributed by atoms with van der Waals surface area (Å²) in [6.07, 6.45) is 0.368. The van der Waals surface area contributed by atoms with Gasteiger partial charge in [-0.1, -0.05) is 6.07 Å². The van der Waals surface area contributed by atoms with Crippen LogP contribution in [0.3, 0.4) is 0 Å². The smallest absolute Gasteiger partial charge is 0.0762 e. The largest absolute Gasteiger partial charge is 0.396 e. The number of aliphatic hydroxyl groups is 2. The third-order valence-corrected chi connectivity index (χ3v) is 4.08. The van der Waals surface area contributed by atoms with Crippen LogP contribution in [0.4, 0.5) is 0 Å². The summed E-state index contributed by atoms with van der Waals surface area (Å²) >= 11 is 5.18. The summed E-state index contributed by atoms with van der Waals surface area (Å²) < 4.78 is 1.00. The molecule has 2 N–H and O–H groups in total. The van der Waals surface area contributed by atoms with Gasteiger partial charge >= 0.3 is 0 Å². The fraction of sp³-hybridized carbons (Fsp3) is 0.455. The van der Waals surface area contributed by atoms with Gasteiger partial charge in [-0.15, -0.1) is 11.8 Å². The molecule has 1 aromatic carbocycles. The second-order valence-electron chi connectivity index (χ2n) is 3.29. The Morgan fingerprint density at radius 2 is 2.20 bits per heavy atom. The summed E-state index contributed by atoms with van der Waals surface area (Å²) in [7, 11) is 0. The number of halogens is 1. The fourth-order valence-corrected chi connectivity index (χ4v) is 2.73. The molecule has 2 nitrogen and oxygen atoms in total.